The Morgan fingerprint density at radius 2 is 2.10 bits per heavy atom. The highest BCUT2D eigenvalue weighted by molar-refractivity contribution is 7.89. The van der Waals surface area contributed by atoms with E-state index in [1.165, 1.54) is 4.31 Å². The first-order valence-electron chi connectivity index (χ1n) is 6.85. The highest BCUT2D eigenvalue weighted by Gasteiger charge is 2.30. The number of nitrogens with zero attached hydrogens (tertiary/aromatic N) is 1. The van der Waals surface area contributed by atoms with Crippen molar-refractivity contribution in [1.29, 1.82) is 0 Å². The van der Waals surface area contributed by atoms with Crippen LogP contribution in [0.2, 0.25) is 5.02 Å². The molecular weight excluding hydrogens is 296 g/mol. The van der Waals surface area contributed by atoms with Crippen molar-refractivity contribution in [2.75, 3.05) is 19.6 Å². The Hall–Kier alpha value is -0.620. The van der Waals surface area contributed by atoms with E-state index >= 15 is 0 Å². The van der Waals surface area contributed by atoms with Gasteiger partial charge in [-0.2, -0.15) is 4.31 Å². The summed E-state index contributed by atoms with van der Waals surface area (Å²) >= 11 is 6.12. The summed E-state index contributed by atoms with van der Waals surface area (Å²) < 4.78 is 27.0. The molecule has 1 heterocycles. The van der Waals surface area contributed by atoms with Crippen LogP contribution in [0.25, 0.3) is 0 Å². The Labute approximate surface area is 126 Å². The molecule has 1 N–H and O–H groups in total. The minimum Gasteiger partial charge on any atom is -0.312 e. The largest absolute Gasteiger partial charge is 0.312 e. The quantitative estimate of drug-likeness (QED) is 0.932. The van der Waals surface area contributed by atoms with Crippen molar-refractivity contribution in [1.82, 2.24) is 9.62 Å². The van der Waals surface area contributed by atoms with Crippen LogP contribution < -0.4 is 5.32 Å². The minimum absolute atomic E-state index is 0.158. The van der Waals surface area contributed by atoms with Gasteiger partial charge in [0.1, 0.15) is 4.90 Å². The molecule has 1 aromatic carbocycles. The predicted molar refractivity (Wildman–Crippen MR) is 81.8 cm³/mol. The average molecular weight is 317 g/mol. The van der Waals surface area contributed by atoms with Crippen LogP contribution in [0, 0.1) is 0 Å². The Morgan fingerprint density at radius 1 is 1.40 bits per heavy atom. The van der Waals surface area contributed by atoms with E-state index in [4.69, 9.17) is 11.6 Å². The third kappa shape index (κ3) is 3.17. The first-order valence-corrected chi connectivity index (χ1v) is 8.67. The maximum absolute atomic E-state index is 12.7. The van der Waals surface area contributed by atoms with Gasteiger partial charge in [0.2, 0.25) is 10.0 Å². The van der Waals surface area contributed by atoms with Gasteiger partial charge in [-0.05, 0) is 30.5 Å². The van der Waals surface area contributed by atoms with Gasteiger partial charge in [-0.1, -0.05) is 31.5 Å². The van der Waals surface area contributed by atoms with Crippen molar-refractivity contribution >= 4 is 21.6 Å². The summed E-state index contributed by atoms with van der Waals surface area (Å²) in [5, 5.41) is 3.53. The van der Waals surface area contributed by atoms with Crippen molar-refractivity contribution in [2.24, 2.45) is 0 Å². The van der Waals surface area contributed by atoms with Crippen molar-refractivity contribution in [3.8, 4) is 0 Å². The Balaban J connectivity index is 2.40. The van der Waals surface area contributed by atoms with Gasteiger partial charge in [-0.15, -0.1) is 0 Å². The summed E-state index contributed by atoms with van der Waals surface area (Å²) in [5.74, 6) is 0.267. The summed E-state index contributed by atoms with van der Waals surface area (Å²) in [6.07, 6.45) is 0. The number of hydrogen-bond acceptors (Lipinski definition) is 3. The molecule has 1 aromatic rings. The van der Waals surface area contributed by atoms with E-state index in [0.717, 1.165) is 5.56 Å². The van der Waals surface area contributed by atoms with Gasteiger partial charge < -0.3 is 5.32 Å². The summed E-state index contributed by atoms with van der Waals surface area (Å²) in [6, 6.07) is 5.42. The van der Waals surface area contributed by atoms with Gasteiger partial charge >= 0.3 is 0 Å². The van der Waals surface area contributed by atoms with Gasteiger partial charge in [0, 0.05) is 25.7 Å². The van der Waals surface area contributed by atoms with Gasteiger partial charge in [0.15, 0.2) is 0 Å². The molecular formula is C14H21ClN2O2S. The van der Waals surface area contributed by atoms with Crippen molar-refractivity contribution in [3.05, 3.63) is 28.8 Å². The zero-order valence-electron chi connectivity index (χ0n) is 12.1. The highest BCUT2D eigenvalue weighted by Crippen LogP contribution is 2.28. The first-order chi connectivity index (χ1) is 9.32. The van der Waals surface area contributed by atoms with Crippen LogP contribution in [0.3, 0.4) is 0 Å². The molecule has 2 rings (SSSR count). The summed E-state index contributed by atoms with van der Waals surface area (Å²) in [6.45, 7) is 7.67. The van der Waals surface area contributed by atoms with Crippen LogP contribution in [0.15, 0.2) is 23.1 Å². The number of halogens is 1. The maximum atomic E-state index is 12.7. The van der Waals surface area contributed by atoms with Crippen molar-refractivity contribution in [3.63, 3.8) is 0 Å². The van der Waals surface area contributed by atoms with E-state index in [9.17, 15) is 8.42 Å². The molecule has 0 amide bonds. The Morgan fingerprint density at radius 3 is 2.70 bits per heavy atom. The van der Waals surface area contributed by atoms with Crippen LogP contribution >= 0.6 is 11.6 Å². The minimum atomic E-state index is -3.52. The molecule has 1 atom stereocenters. The van der Waals surface area contributed by atoms with Crippen molar-refractivity contribution in [2.45, 2.75) is 37.6 Å². The van der Waals surface area contributed by atoms with Gasteiger partial charge in [-0.3, -0.25) is 0 Å². The smallest absolute Gasteiger partial charge is 0.244 e. The van der Waals surface area contributed by atoms with Gasteiger partial charge in [0.25, 0.3) is 0 Å². The van der Waals surface area contributed by atoms with Crippen LogP contribution in [-0.2, 0) is 10.0 Å². The first kappa shape index (κ1) is 15.8. The molecule has 1 saturated heterocycles. The van der Waals surface area contributed by atoms with E-state index in [1.54, 1.807) is 12.1 Å². The van der Waals surface area contributed by atoms with Crippen molar-refractivity contribution < 1.29 is 8.42 Å². The number of nitrogens with one attached hydrogen (secondary N) is 1. The predicted octanol–water partition coefficient (Wildman–Crippen LogP) is 2.45. The van der Waals surface area contributed by atoms with Gasteiger partial charge in [-0.25, -0.2) is 8.42 Å². The molecule has 6 heteroatoms. The highest BCUT2D eigenvalue weighted by atomic mass is 35.5. The second-order valence-electron chi connectivity index (χ2n) is 5.56. The normalized spacial score (nSPS) is 21.4. The van der Waals surface area contributed by atoms with E-state index in [2.05, 4.69) is 5.32 Å². The molecule has 0 radical (unpaired) electrons. The fraction of sp³-hybridized carbons (Fsp3) is 0.571. The van der Waals surface area contributed by atoms with Gasteiger partial charge in [0.05, 0.1) is 5.02 Å². The third-order valence-corrected chi connectivity index (χ3v) is 5.92. The van der Waals surface area contributed by atoms with Crippen LogP contribution in [-0.4, -0.2) is 38.4 Å². The molecule has 20 heavy (non-hydrogen) atoms. The summed E-state index contributed by atoms with van der Waals surface area (Å²) in [4.78, 5) is 0.222. The Bertz CT molecular complexity index is 587. The zero-order chi connectivity index (χ0) is 14.9. The molecule has 1 aliphatic rings. The average Bonchev–Trinajstić information content (AvgIpc) is 2.38. The number of rotatable bonds is 3. The fourth-order valence-electron chi connectivity index (χ4n) is 2.33. The lowest BCUT2D eigenvalue weighted by atomic mass is 10.0. The van der Waals surface area contributed by atoms with E-state index in [0.29, 0.717) is 24.7 Å². The van der Waals surface area contributed by atoms with Crippen LogP contribution in [0.4, 0.5) is 0 Å². The topological polar surface area (TPSA) is 49.4 Å². The van der Waals surface area contributed by atoms with Crippen LogP contribution in [0.1, 0.15) is 32.3 Å². The molecule has 0 bridgehead atoms. The molecule has 0 spiro atoms. The van der Waals surface area contributed by atoms with E-state index in [1.807, 2.05) is 26.8 Å². The number of sulfonamides is 1. The third-order valence-electron chi connectivity index (χ3n) is 3.57. The number of benzene rings is 1. The maximum Gasteiger partial charge on any atom is 0.244 e. The monoisotopic (exact) mass is 316 g/mol. The molecule has 0 unspecified atom stereocenters. The SMILES string of the molecule is CC(C)c1ccc(Cl)c(S(=O)(=O)N2CCN[C@@H](C)C2)c1. The summed E-state index contributed by atoms with van der Waals surface area (Å²) in [7, 11) is -3.52. The van der Waals surface area contributed by atoms with E-state index in [-0.39, 0.29) is 16.9 Å². The molecule has 0 saturated carbocycles. The van der Waals surface area contributed by atoms with Crippen LogP contribution in [0.5, 0.6) is 0 Å². The zero-order valence-corrected chi connectivity index (χ0v) is 13.6. The molecule has 0 aliphatic carbocycles. The lowest BCUT2D eigenvalue weighted by Gasteiger charge is -2.31. The number of hydrogen-bond donors (Lipinski definition) is 1. The molecule has 112 valence electrons. The lowest BCUT2D eigenvalue weighted by Crippen LogP contribution is -2.51. The molecule has 1 aliphatic heterocycles. The second kappa shape index (κ2) is 6.02. The Kier molecular flexibility index (Phi) is 4.74. The molecule has 0 aromatic heterocycles. The molecule has 4 nitrogen and oxygen atoms in total. The lowest BCUT2D eigenvalue weighted by molar-refractivity contribution is 0.310. The van der Waals surface area contributed by atoms with E-state index < -0.39 is 10.0 Å². The fourth-order valence-corrected chi connectivity index (χ4v) is 4.37. The molecule has 1 fully saturated rings. The second-order valence-corrected chi connectivity index (χ2v) is 7.88. The standard InChI is InChI=1S/C14H21ClN2O2S/c1-10(2)12-4-5-13(15)14(8-12)20(18,19)17-7-6-16-11(3)9-17/h4-5,8,10-11,16H,6-7,9H2,1-3H3/t11-/m0/s1. The summed E-state index contributed by atoms with van der Waals surface area (Å²) in [5.41, 5.74) is 0.983. The number of piperazine rings is 1.